The van der Waals surface area contributed by atoms with Crippen molar-refractivity contribution in [2.45, 2.75) is 31.8 Å². The van der Waals surface area contributed by atoms with Crippen molar-refractivity contribution < 1.29 is 9.59 Å². The largest absolute Gasteiger partial charge is 0.354 e. The van der Waals surface area contributed by atoms with Crippen molar-refractivity contribution in [2.75, 3.05) is 6.54 Å². The highest BCUT2D eigenvalue weighted by Crippen LogP contribution is 2.18. The van der Waals surface area contributed by atoms with Gasteiger partial charge in [-0.15, -0.1) is 0 Å². The molecule has 1 atom stereocenters. The van der Waals surface area contributed by atoms with Crippen LogP contribution in [0.15, 0.2) is 115 Å². The number of hydrogen-bond acceptors (Lipinski definition) is 2. The van der Waals surface area contributed by atoms with Crippen molar-refractivity contribution in [3.63, 3.8) is 0 Å². The van der Waals surface area contributed by atoms with E-state index in [0.29, 0.717) is 24.5 Å². The summed E-state index contributed by atoms with van der Waals surface area (Å²) in [5.41, 5.74) is 3.98. The molecule has 0 bridgehead atoms. The molecular weight excluding hydrogens is 480 g/mol. The Hall–Kier alpha value is -3.89. The minimum atomic E-state index is -0.662. The van der Waals surface area contributed by atoms with Crippen LogP contribution < -0.4 is 5.32 Å². The number of nitrogens with one attached hydrogen (secondary N) is 1. The fraction of sp³-hybridized carbons (Fsp3) is 0.188. The quantitative estimate of drug-likeness (QED) is 0.274. The van der Waals surface area contributed by atoms with Gasteiger partial charge < -0.3 is 10.2 Å². The Morgan fingerprint density at radius 2 is 1.22 bits per heavy atom. The Morgan fingerprint density at radius 1 is 0.676 bits per heavy atom. The van der Waals surface area contributed by atoms with Gasteiger partial charge in [-0.1, -0.05) is 115 Å². The number of halogens is 1. The summed E-state index contributed by atoms with van der Waals surface area (Å²) < 4.78 is 0. The SMILES string of the molecule is O=C(NCCc1ccccc1)[C@H](Cc1ccccc1)N(Cc1ccc(Cl)cc1)C(=O)Cc1ccccc1. The molecule has 0 heterocycles. The van der Waals surface area contributed by atoms with Gasteiger partial charge in [0.1, 0.15) is 6.04 Å². The third-order valence-electron chi connectivity index (χ3n) is 6.29. The van der Waals surface area contributed by atoms with Gasteiger partial charge in [0, 0.05) is 24.5 Å². The maximum absolute atomic E-state index is 13.7. The Balaban J connectivity index is 1.59. The predicted molar refractivity (Wildman–Crippen MR) is 149 cm³/mol. The van der Waals surface area contributed by atoms with E-state index in [4.69, 9.17) is 11.6 Å². The molecule has 5 heteroatoms. The molecule has 1 N–H and O–H groups in total. The van der Waals surface area contributed by atoms with E-state index in [1.165, 1.54) is 0 Å². The molecule has 0 aliphatic heterocycles. The lowest BCUT2D eigenvalue weighted by atomic mass is 10.0. The van der Waals surface area contributed by atoms with Gasteiger partial charge in [-0.05, 0) is 40.8 Å². The number of benzene rings is 4. The lowest BCUT2D eigenvalue weighted by Gasteiger charge is -2.32. The zero-order valence-electron chi connectivity index (χ0n) is 20.7. The molecule has 37 heavy (non-hydrogen) atoms. The number of carbonyl (C=O) groups is 2. The molecule has 188 valence electrons. The fourth-order valence-electron chi connectivity index (χ4n) is 4.31. The molecule has 4 aromatic carbocycles. The summed E-state index contributed by atoms with van der Waals surface area (Å²) in [6.45, 7) is 0.808. The summed E-state index contributed by atoms with van der Waals surface area (Å²) >= 11 is 6.10. The highest BCUT2D eigenvalue weighted by molar-refractivity contribution is 6.30. The Bertz CT molecular complexity index is 1260. The van der Waals surface area contributed by atoms with Gasteiger partial charge in [-0.2, -0.15) is 0 Å². The van der Waals surface area contributed by atoms with E-state index in [2.05, 4.69) is 5.32 Å². The Labute approximate surface area is 223 Å². The second kappa shape index (κ2) is 13.4. The summed E-state index contributed by atoms with van der Waals surface area (Å²) in [4.78, 5) is 29.1. The maximum Gasteiger partial charge on any atom is 0.243 e. The van der Waals surface area contributed by atoms with Crippen LogP contribution in [0.3, 0.4) is 0 Å². The summed E-state index contributed by atoms with van der Waals surface area (Å²) in [6.07, 6.45) is 1.36. The maximum atomic E-state index is 13.7. The molecule has 4 nitrogen and oxygen atoms in total. The van der Waals surface area contributed by atoms with Gasteiger partial charge in [0.15, 0.2) is 0 Å². The van der Waals surface area contributed by atoms with Crippen LogP contribution in [0.5, 0.6) is 0 Å². The molecule has 0 fully saturated rings. The van der Waals surface area contributed by atoms with Crippen LogP contribution in [0.2, 0.25) is 5.02 Å². The third-order valence-corrected chi connectivity index (χ3v) is 6.54. The summed E-state index contributed by atoms with van der Waals surface area (Å²) in [5.74, 6) is -0.254. The first-order chi connectivity index (χ1) is 18.1. The smallest absolute Gasteiger partial charge is 0.243 e. The molecule has 0 aliphatic rings. The topological polar surface area (TPSA) is 49.4 Å². The second-order valence-corrected chi connectivity index (χ2v) is 9.48. The molecule has 0 aromatic heterocycles. The van der Waals surface area contributed by atoms with E-state index < -0.39 is 6.04 Å². The molecule has 4 rings (SSSR count). The number of hydrogen-bond donors (Lipinski definition) is 1. The molecule has 0 aliphatic carbocycles. The average Bonchev–Trinajstić information content (AvgIpc) is 2.93. The number of amides is 2. The van der Waals surface area contributed by atoms with Crippen LogP contribution >= 0.6 is 11.6 Å². The molecule has 0 unspecified atom stereocenters. The van der Waals surface area contributed by atoms with Gasteiger partial charge >= 0.3 is 0 Å². The normalized spacial score (nSPS) is 11.5. The average molecular weight is 511 g/mol. The lowest BCUT2D eigenvalue weighted by Crippen LogP contribution is -2.51. The van der Waals surface area contributed by atoms with Crippen LogP contribution in [0.1, 0.15) is 22.3 Å². The second-order valence-electron chi connectivity index (χ2n) is 9.04. The highest BCUT2D eigenvalue weighted by atomic mass is 35.5. The zero-order valence-corrected chi connectivity index (χ0v) is 21.5. The van der Waals surface area contributed by atoms with Crippen LogP contribution in [-0.4, -0.2) is 29.3 Å². The Morgan fingerprint density at radius 3 is 1.81 bits per heavy atom. The first-order valence-corrected chi connectivity index (χ1v) is 12.9. The molecule has 0 radical (unpaired) electrons. The van der Waals surface area contributed by atoms with E-state index in [0.717, 1.165) is 28.7 Å². The number of rotatable bonds is 11. The van der Waals surface area contributed by atoms with Gasteiger partial charge in [0.2, 0.25) is 11.8 Å². The van der Waals surface area contributed by atoms with Gasteiger partial charge in [-0.25, -0.2) is 0 Å². The van der Waals surface area contributed by atoms with Crippen molar-refractivity contribution in [3.05, 3.63) is 143 Å². The van der Waals surface area contributed by atoms with Crippen molar-refractivity contribution in [3.8, 4) is 0 Å². The van der Waals surface area contributed by atoms with Crippen molar-refractivity contribution >= 4 is 23.4 Å². The summed E-state index contributed by atoms with van der Waals surface area (Å²) in [7, 11) is 0. The van der Waals surface area contributed by atoms with Crippen molar-refractivity contribution in [1.82, 2.24) is 10.2 Å². The molecule has 0 saturated heterocycles. The number of nitrogens with zero attached hydrogens (tertiary/aromatic N) is 1. The van der Waals surface area contributed by atoms with E-state index in [1.807, 2.05) is 115 Å². The Kier molecular flexibility index (Phi) is 9.50. The van der Waals surface area contributed by atoms with E-state index in [-0.39, 0.29) is 18.2 Å². The van der Waals surface area contributed by atoms with Gasteiger partial charge in [0.05, 0.1) is 6.42 Å². The predicted octanol–water partition coefficient (Wildman–Crippen LogP) is 5.88. The van der Waals surface area contributed by atoms with Crippen molar-refractivity contribution in [2.24, 2.45) is 0 Å². The summed E-state index contributed by atoms with van der Waals surface area (Å²) in [5, 5.41) is 3.72. The molecule has 2 amide bonds. The van der Waals surface area contributed by atoms with Crippen LogP contribution in [-0.2, 0) is 35.4 Å². The first-order valence-electron chi connectivity index (χ1n) is 12.5. The standard InChI is InChI=1S/C32H31ClN2O2/c33-29-18-16-28(17-19-29)24-35(31(36)23-27-14-8-3-9-15-27)30(22-26-12-6-2-7-13-26)32(37)34-21-20-25-10-4-1-5-11-25/h1-19,30H,20-24H2,(H,34,37)/t30-/m0/s1. The third kappa shape index (κ3) is 8.06. The summed E-state index contributed by atoms with van der Waals surface area (Å²) in [6, 6.07) is 36.3. The lowest BCUT2D eigenvalue weighted by molar-refractivity contribution is -0.140. The fourth-order valence-corrected chi connectivity index (χ4v) is 4.43. The van der Waals surface area contributed by atoms with E-state index >= 15 is 0 Å². The number of carbonyl (C=O) groups excluding carboxylic acids is 2. The van der Waals surface area contributed by atoms with E-state index in [9.17, 15) is 9.59 Å². The molecule has 0 saturated carbocycles. The monoisotopic (exact) mass is 510 g/mol. The molecule has 0 spiro atoms. The van der Waals surface area contributed by atoms with Gasteiger partial charge in [-0.3, -0.25) is 9.59 Å². The van der Waals surface area contributed by atoms with Gasteiger partial charge in [0.25, 0.3) is 0 Å². The molecule has 4 aromatic rings. The van der Waals surface area contributed by atoms with Crippen LogP contribution in [0.4, 0.5) is 0 Å². The highest BCUT2D eigenvalue weighted by Gasteiger charge is 2.30. The zero-order chi connectivity index (χ0) is 25.9. The minimum absolute atomic E-state index is 0.0970. The van der Waals surface area contributed by atoms with Crippen molar-refractivity contribution in [1.29, 1.82) is 0 Å². The van der Waals surface area contributed by atoms with Crippen LogP contribution in [0.25, 0.3) is 0 Å². The molecular formula is C32H31ClN2O2. The first kappa shape index (κ1) is 26.2. The van der Waals surface area contributed by atoms with E-state index in [1.54, 1.807) is 4.90 Å². The van der Waals surface area contributed by atoms with Crippen LogP contribution in [0, 0.1) is 0 Å². The minimum Gasteiger partial charge on any atom is -0.354 e.